The van der Waals surface area contributed by atoms with Crippen molar-refractivity contribution >= 4 is 17.3 Å². The molecule has 0 saturated carbocycles. The second-order valence-corrected chi connectivity index (χ2v) is 7.53. The lowest BCUT2D eigenvalue weighted by Crippen LogP contribution is -2.13. The van der Waals surface area contributed by atoms with Gasteiger partial charge < -0.3 is 30.0 Å². The summed E-state index contributed by atoms with van der Waals surface area (Å²) in [5.74, 6) is 0.784. The molecule has 0 unspecified atom stereocenters. The van der Waals surface area contributed by atoms with E-state index < -0.39 is 5.91 Å². The molecule has 0 aliphatic carbocycles. The third-order valence-corrected chi connectivity index (χ3v) is 5.13. The van der Waals surface area contributed by atoms with Crippen molar-refractivity contribution in [1.82, 2.24) is 14.8 Å². The number of hydrogen-bond donors (Lipinski definition) is 2. The molecule has 2 N–H and O–H groups in total. The Morgan fingerprint density at radius 1 is 1.06 bits per heavy atom. The van der Waals surface area contributed by atoms with E-state index in [0.717, 1.165) is 5.56 Å². The predicted octanol–water partition coefficient (Wildman–Crippen LogP) is 3.91. The fraction of sp³-hybridized carbons (Fsp3) is 0.160. The third kappa shape index (κ3) is 5.78. The molecule has 1 heterocycles. The van der Waals surface area contributed by atoms with Crippen LogP contribution in [0.25, 0.3) is 17.1 Å². The zero-order chi connectivity index (χ0) is 25.5. The van der Waals surface area contributed by atoms with Gasteiger partial charge in [0.1, 0.15) is 12.4 Å². The summed E-state index contributed by atoms with van der Waals surface area (Å²) in [6, 6.07) is 20.3. The number of nitrogens with zero attached hydrogens (tertiary/aromatic N) is 4. The van der Waals surface area contributed by atoms with Gasteiger partial charge in [-0.25, -0.2) is 4.68 Å². The van der Waals surface area contributed by atoms with Crippen molar-refractivity contribution in [2.75, 3.05) is 38.0 Å². The quantitative estimate of drug-likeness (QED) is 0.251. The molecule has 0 fully saturated rings. The topological polar surface area (TPSA) is 134 Å². The molecule has 1 aromatic heterocycles. The first-order chi connectivity index (χ1) is 17.5. The number of nitrogens with one attached hydrogen (secondary N) is 1. The van der Waals surface area contributed by atoms with Gasteiger partial charge in [-0.15, -0.1) is 5.10 Å². The molecule has 3 aromatic carbocycles. The lowest BCUT2D eigenvalue weighted by atomic mass is 10.1. The molecule has 186 valence electrons. The third-order valence-electron chi connectivity index (χ3n) is 5.13. The van der Waals surface area contributed by atoms with Crippen LogP contribution < -0.4 is 20.0 Å². The highest BCUT2D eigenvalue weighted by molar-refractivity contribution is 6.04. The first-order valence-electron chi connectivity index (χ1n) is 10.9. The van der Waals surface area contributed by atoms with Crippen LogP contribution in [0.5, 0.6) is 11.8 Å². The van der Waals surface area contributed by atoms with Crippen LogP contribution in [-0.2, 0) is 4.74 Å². The van der Waals surface area contributed by atoms with Gasteiger partial charge in [0.25, 0.3) is 5.91 Å². The highest BCUT2D eigenvalue weighted by Crippen LogP contribution is 2.27. The van der Waals surface area contributed by atoms with Gasteiger partial charge in [0.2, 0.25) is 0 Å². The van der Waals surface area contributed by atoms with Crippen LogP contribution in [0, 0.1) is 5.21 Å². The van der Waals surface area contributed by atoms with Crippen LogP contribution in [0.2, 0.25) is 0 Å². The summed E-state index contributed by atoms with van der Waals surface area (Å²) in [5, 5.41) is 27.1. The van der Waals surface area contributed by atoms with E-state index in [1.807, 2.05) is 24.3 Å². The van der Waals surface area contributed by atoms with Crippen LogP contribution >= 0.6 is 0 Å². The number of benzene rings is 3. The van der Waals surface area contributed by atoms with E-state index in [9.17, 15) is 10.0 Å². The average molecular weight is 490 g/mol. The summed E-state index contributed by atoms with van der Waals surface area (Å²) in [4.78, 5) is 17.1. The Kier molecular flexibility index (Phi) is 7.75. The summed E-state index contributed by atoms with van der Waals surface area (Å²) in [7, 11) is 3.17. The van der Waals surface area contributed by atoms with E-state index in [1.165, 1.54) is 24.3 Å². The zero-order valence-electron chi connectivity index (χ0n) is 19.6. The van der Waals surface area contributed by atoms with E-state index in [1.54, 1.807) is 43.2 Å². The Morgan fingerprint density at radius 2 is 1.83 bits per heavy atom. The van der Waals surface area contributed by atoms with E-state index in [0.29, 0.717) is 36.2 Å². The molecule has 11 nitrogen and oxygen atoms in total. The van der Waals surface area contributed by atoms with Crippen LogP contribution in [0.15, 0.2) is 72.8 Å². The molecular weight excluding hydrogens is 466 g/mol. The van der Waals surface area contributed by atoms with Crippen molar-refractivity contribution in [1.29, 1.82) is 0 Å². The minimum Gasteiger partial charge on any atom is -0.733 e. The normalized spacial score (nSPS) is 10.7. The van der Waals surface area contributed by atoms with Crippen molar-refractivity contribution in [3.63, 3.8) is 0 Å². The van der Waals surface area contributed by atoms with Crippen molar-refractivity contribution in [3.05, 3.63) is 83.6 Å². The number of aromatic nitrogens is 3. The number of rotatable bonds is 10. The number of carbonyl (C=O) groups is 1. The monoisotopic (exact) mass is 490 g/mol. The van der Waals surface area contributed by atoms with Gasteiger partial charge in [0, 0.05) is 23.9 Å². The highest BCUT2D eigenvalue weighted by atomic mass is 16.8. The zero-order valence-corrected chi connectivity index (χ0v) is 19.6. The van der Waals surface area contributed by atoms with Gasteiger partial charge >= 0.3 is 6.01 Å². The molecule has 4 rings (SSSR count). The van der Waals surface area contributed by atoms with Gasteiger partial charge in [-0.05, 0) is 54.6 Å². The van der Waals surface area contributed by atoms with Crippen molar-refractivity contribution in [3.8, 4) is 28.8 Å². The van der Waals surface area contributed by atoms with Gasteiger partial charge in [0.15, 0.2) is 5.82 Å². The molecule has 0 spiro atoms. The van der Waals surface area contributed by atoms with Crippen LogP contribution in [0.1, 0.15) is 10.4 Å². The fourth-order valence-electron chi connectivity index (χ4n) is 3.36. The second-order valence-electron chi connectivity index (χ2n) is 7.53. The maximum atomic E-state index is 12.6. The Morgan fingerprint density at radius 3 is 2.56 bits per heavy atom. The molecule has 0 saturated heterocycles. The molecule has 0 radical (unpaired) electrons. The molecule has 36 heavy (non-hydrogen) atoms. The van der Waals surface area contributed by atoms with Crippen molar-refractivity contribution in [2.24, 2.45) is 0 Å². The SMILES string of the molecule is COCCOc1nc(-c2cccc(OC)c2)n(-c2ccc(NC(=O)c3cccc(N([O-])O)c3)cc2)n1. The van der Waals surface area contributed by atoms with E-state index >= 15 is 0 Å². The maximum absolute atomic E-state index is 12.6. The van der Waals surface area contributed by atoms with Crippen LogP contribution in [0.3, 0.4) is 0 Å². The average Bonchev–Trinajstić information content (AvgIpc) is 3.33. The number of amides is 1. The van der Waals surface area contributed by atoms with Crippen LogP contribution in [-0.4, -0.2) is 53.3 Å². The smallest absolute Gasteiger partial charge is 0.336 e. The van der Waals surface area contributed by atoms with E-state index in [2.05, 4.69) is 15.4 Å². The van der Waals surface area contributed by atoms with Gasteiger partial charge in [0.05, 0.1) is 25.1 Å². The highest BCUT2D eigenvalue weighted by Gasteiger charge is 2.16. The first-order valence-corrected chi connectivity index (χ1v) is 10.9. The number of carbonyl (C=O) groups excluding carboxylic acids is 1. The molecule has 0 atom stereocenters. The number of ether oxygens (including phenoxy) is 3. The predicted molar refractivity (Wildman–Crippen MR) is 133 cm³/mol. The minimum atomic E-state index is -0.432. The van der Waals surface area contributed by atoms with E-state index in [-0.39, 0.29) is 22.5 Å². The Hall–Kier alpha value is -4.45. The lowest BCUT2D eigenvalue weighted by molar-refractivity contribution is 0.102. The molecule has 0 aliphatic heterocycles. The summed E-state index contributed by atoms with van der Waals surface area (Å²) in [6.07, 6.45) is 0. The Bertz CT molecular complexity index is 1320. The summed E-state index contributed by atoms with van der Waals surface area (Å²) >= 11 is 0. The summed E-state index contributed by atoms with van der Waals surface area (Å²) < 4.78 is 17.6. The van der Waals surface area contributed by atoms with Gasteiger partial charge in [-0.3, -0.25) is 10.0 Å². The second kappa shape index (κ2) is 11.3. The van der Waals surface area contributed by atoms with E-state index in [4.69, 9.17) is 19.4 Å². The molecule has 0 aliphatic rings. The van der Waals surface area contributed by atoms with Gasteiger partial charge in [-0.1, -0.05) is 18.2 Å². The summed E-state index contributed by atoms with van der Waals surface area (Å²) in [6.45, 7) is 0.691. The van der Waals surface area contributed by atoms with Crippen molar-refractivity contribution in [2.45, 2.75) is 0 Å². The maximum Gasteiger partial charge on any atom is 0.336 e. The minimum absolute atomic E-state index is 0.0437. The van der Waals surface area contributed by atoms with Crippen LogP contribution in [0.4, 0.5) is 11.4 Å². The lowest BCUT2D eigenvalue weighted by Gasteiger charge is -2.21. The number of anilines is 2. The van der Waals surface area contributed by atoms with Crippen molar-refractivity contribution < 1.29 is 24.2 Å². The molecule has 1 amide bonds. The molecule has 11 heteroatoms. The van der Waals surface area contributed by atoms with Gasteiger partial charge in [-0.2, -0.15) is 4.98 Å². The first kappa shape index (κ1) is 24.7. The summed E-state index contributed by atoms with van der Waals surface area (Å²) in [5.41, 5.74) is 2.16. The standard InChI is InChI=1S/C25H24N5O6/c1-34-13-14-36-25-27-23(17-5-4-8-22(16-17)35-2)29(28-25)20-11-9-19(10-12-20)26-24(31)18-6-3-7-21(15-18)30(32)33/h3-12,15-16,32H,13-14H2,1-2H3,(H,26,31)/q-1. The molecular formula is C25H24N5O6-. The molecule has 0 bridgehead atoms. The fourth-order valence-corrected chi connectivity index (χ4v) is 3.36. The molecule has 4 aromatic rings. The largest absolute Gasteiger partial charge is 0.733 e. The number of methoxy groups -OCH3 is 2. The Balaban J connectivity index is 1.59. The number of hydrogen-bond acceptors (Lipinski definition) is 9. The Labute approximate surface area is 207 Å².